The Balaban J connectivity index is 2.11. The van der Waals surface area contributed by atoms with Crippen molar-refractivity contribution in [1.29, 1.82) is 0 Å². The number of carbonyl (C=O) groups excluding carboxylic acids is 2. The molecule has 27 heavy (non-hydrogen) atoms. The molecule has 0 heterocycles. The fourth-order valence-corrected chi connectivity index (χ4v) is 2.38. The number of nitro benzene ring substituents is 1. The van der Waals surface area contributed by atoms with Gasteiger partial charge in [-0.2, -0.15) is 0 Å². The molecule has 0 saturated heterocycles. The Labute approximate surface area is 161 Å². The predicted molar refractivity (Wildman–Crippen MR) is 105 cm³/mol. The van der Waals surface area contributed by atoms with Gasteiger partial charge in [0.05, 0.1) is 16.2 Å². The molecule has 0 unspecified atom stereocenters. The van der Waals surface area contributed by atoms with E-state index in [1.54, 1.807) is 12.1 Å². The number of hydrogen-bond donors (Lipinski definition) is 2. The van der Waals surface area contributed by atoms with Crippen molar-refractivity contribution in [2.45, 2.75) is 13.3 Å². The molecular formula is C19H18ClN3O4. The minimum atomic E-state index is -0.496. The number of nitrogens with one attached hydrogen (secondary N) is 2. The maximum atomic E-state index is 12.2. The summed E-state index contributed by atoms with van der Waals surface area (Å²) in [7, 11) is 0. The molecule has 0 aliphatic rings. The number of benzene rings is 2. The zero-order valence-electron chi connectivity index (χ0n) is 14.6. The Morgan fingerprint density at radius 1 is 1.19 bits per heavy atom. The maximum absolute atomic E-state index is 12.2. The monoisotopic (exact) mass is 387 g/mol. The molecule has 2 aromatic carbocycles. The summed E-state index contributed by atoms with van der Waals surface area (Å²) in [6.07, 6.45) is 3.58. The molecule has 0 saturated carbocycles. The van der Waals surface area contributed by atoms with Gasteiger partial charge in [0.2, 0.25) is 5.91 Å². The highest BCUT2D eigenvalue weighted by atomic mass is 35.5. The van der Waals surface area contributed by atoms with Crippen LogP contribution in [0.15, 0.2) is 48.5 Å². The maximum Gasteiger partial charge on any atom is 0.269 e. The SMILES string of the molecule is CCCNC(=O)c1ccc(Cl)cc1NC(=O)/C=C/c1ccc([N+](=O)[O-])cc1. The average molecular weight is 388 g/mol. The molecule has 0 aliphatic heterocycles. The van der Waals surface area contributed by atoms with Crippen LogP contribution in [0.5, 0.6) is 0 Å². The van der Waals surface area contributed by atoms with E-state index in [9.17, 15) is 19.7 Å². The van der Waals surface area contributed by atoms with E-state index in [-0.39, 0.29) is 11.6 Å². The van der Waals surface area contributed by atoms with Gasteiger partial charge >= 0.3 is 0 Å². The molecule has 0 spiro atoms. The number of nitro groups is 1. The molecule has 0 radical (unpaired) electrons. The fourth-order valence-electron chi connectivity index (χ4n) is 2.21. The molecule has 8 heteroatoms. The van der Waals surface area contributed by atoms with E-state index in [1.165, 1.54) is 42.5 Å². The lowest BCUT2D eigenvalue weighted by atomic mass is 10.1. The van der Waals surface area contributed by atoms with Crippen LogP contribution >= 0.6 is 11.6 Å². The topological polar surface area (TPSA) is 101 Å². The molecular weight excluding hydrogens is 370 g/mol. The Kier molecular flexibility index (Phi) is 7.08. The first-order valence-electron chi connectivity index (χ1n) is 8.22. The molecule has 2 aromatic rings. The molecule has 2 rings (SSSR count). The van der Waals surface area contributed by atoms with Gasteiger partial charge in [0.1, 0.15) is 0 Å². The van der Waals surface area contributed by atoms with E-state index < -0.39 is 10.8 Å². The molecule has 0 atom stereocenters. The number of amides is 2. The highest BCUT2D eigenvalue weighted by Crippen LogP contribution is 2.21. The van der Waals surface area contributed by atoms with Crippen molar-refractivity contribution in [2.24, 2.45) is 0 Å². The lowest BCUT2D eigenvalue weighted by molar-refractivity contribution is -0.384. The smallest absolute Gasteiger partial charge is 0.269 e. The second-order valence-corrected chi connectivity index (χ2v) is 6.05. The number of non-ortho nitro benzene ring substituents is 1. The Morgan fingerprint density at radius 2 is 1.89 bits per heavy atom. The van der Waals surface area contributed by atoms with Gasteiger partial charge in [-0.05, 0) is 48.4 Å². The zero-order chi connectivity index (χ0) is 19.8. The molecule has 2 N–H and O–H groups in total. The van der Waals surface area contributed by atoms with Crippen molar-refractivity contribution in [3.63, 3.8) is 0 Å². The number of rotatable bonds is 7. The van der Waals surface area contributed by atoms with E-state index in [2.05, 4.69) is 10.6 Å². The first-order valence-corrected chi connectivity index (χ1v) is 8.59. The summed E-state index contributed by atoms with van der Waals surface area (Å²) in [5.74, 6) is -0.761. The Hall–Kier alpha value is -3.19. The van der Waals surface area contributed by atoms with Gasteiger partial charge in [-0.15, -0.1) is 0 Å². The first-order chi connectivity index (χ1) is 12.9. The third kappa shape index (κ3) is 5.93. The summed E-state index contributed by atoms with van der Waals surface area (Å²) in [5.41, 5.74) is 1.21. The summed E-state index contributed by atoms with van der Waals surface area (Å²) >= 11 is 5.97. The zero-order valence-corrected chi connectivity index (χ0v) is 15.3. The number of hydrogen-bond acceptors (Lipinski definition) is 4. The fraction of sp³-hybridized carbons (Fsp3) is 0.158. The minimum Gasteiger partial charge on any atom is -0.352 e. The van der Waals surface area contributed by atoms with Gasteiger partial charge in [-0.3, -0.25) is 19.7 Å². The molecule has 7 nitrogen and oxygen atoms in total. The number of carbonyl (C=O) groups is 2. The average Bonchev–Trinajstić information content (AvgIpc) is 2.65. The van der Waals surface area contributed by atoms with Gasteiger partial charge < -0.3 is 10.6 Å². The van der Waals surface area contributed by atoms with Crippen molar-refractivity contribution in [2.75, 3.05) is 11.9 Å². The quantitative estimate of drug-likeness (QED) is 0.425. The second-order valence-electron chi connectivity index (χ2n) is 5.62. The largest absolute Gasteiger partial charge is 0.352 e. The molecule has 0 bridgehead atoms. The summed E-state index contributed by atoms with van der Waals surface area (Å²) in [6, 6.07) is 10.4. The molecule has 0 aliphatic carbocycles. The highest BCUT2D eigenvalue weighted by Gasteiger charge is 2.13. The summed E-state index contributed by atoms with van der Waals surface area (Å²) in [6.45, 7) is 2.46. The highest BCUT2D eigenvalue weighted by molar-refractivity contribution is 6.31. The molecule has 2 amide bonds. The van der Waals surface area contributed by atoms with Crippen molar-refractivity contribution < 1.29 is 14.5 Å². The van der Waals surface area contributed by atoms with Crippen LogP contribution in [0.25, 0.3) is 6.08 Å². The summed E-state index contributed by atoms with van der Waals surface area (Å²) in [5, 5.41) is 16.4. The predicted octanol–water partition coefficient (Wildman–Crippen LogP) is 4.04. The van der Waals surface area contributed by atoms with E-state index in [0.717, 1.165) is 6.42 Å². The van der Waals surface area contributed by atoms with Gasteiger partial charge in [0.15, 0.2) is 0 Å². The van der Waals surface area contributed by atoms with Crippen LogP contribution in [0.1, 0.15) is 29.3 Å². The van der Waals surface area contributed by atoms with E-state index in [4.69, 9.17) is 11.6 Å². The second kappa shape index (κ2) is 9.49. The van der Waals surface area contributed by atoms with E-state index in [0.29, 0.717) is 28.4 Å². The Morgan fingerprint density at radius 3 is 2.52 bits per heavy atom. The first kappa shape index (κ1) is 20.1. The lowest BCUT2D eigenvalue weighted by Crippen LogP contribution is -2.25. The minimum absolute atomic E-state index is 0.0294. The number of anilines is 1. The van der Waals surface area contributed by atoms with E-state index in [1.807, 2.05) is 6.92 Å². The summed E-state index contributed by atoms with van der Waals surface area (Å²) < 4.78 is 0. The van der Waals surface area contributed by atoms with Crippen molar-refractivity contribution in [3.05, 3.63) is 74.8 Å². The van der Waals surface area contributed by atoms with Crippen LogP contribution in [0, 0.1) is 10.1 Å². The lowest BCUT2D eigenvalue weighted by Gasteiger charge is -2.10. The van der Waals surface area contributed by atoms with Gasteiger partial charge in [-0.1, -0.05) is 18.5 Å². The normalized spacial score (nSPS) is 10.6. The van der Waals surface area contributed by atoms with Crippen molar-refractivity contribution in [3.8, 4) is 0 Å². The third-order valence-electron chi connectivity index (χ3n) is 3.55. The van der Waals surface area contributed by atoms with Crippen LogP contribution in [0.4, 0.5) is 11.4 Å². The van der Waals surface area contributed by atoms with Crippen molar-refractivity contribution >= 4 is 40.9 Å². The number of nitrogens with zero attached hydrogens (tertiary/aromatic N) is 1. The van der Waals surface area contributed by atoms with Crippen LogP contribution in [0.3, 0.4) is 0 Å². The third-order valence-corrected chi connectivity index (χ3v) is 3.79. The van der Waals surface area contributed by atoms with Gasteiger partial charge in [0.25, 0.3) is 11.6 Å². The molecule has 140 valence electrons. The van der Waals surface area contributed by atoms with Crippen LogP contribution in [-0.4, -0.2) is 23.3 Å². The molecule has 0 aromatic heterocycles. The summed E-state index contributed by atoms with van der Waals surface area (Å²) in [4.78, 5) is 34.5. The van der Waals surface area contributed by atoms with Crippen LogP contribution < -0.4 is 10.6 Å². The Bertz CT molecular complexity index is 879. The standard InChI is InChI=1S/C19H18ClN3O4/c1-2-11-21-19(25)16-9-6-14(20)12-17(16)22-18(24)10-5-13-3-7-15(8-4-13)23(26)27/h3-10,12H,2,11H2,1H3,(H,21,25)(H,22,24)/b10-5+. The molecule has 0 fully saturated rings. The van der Waals surface area contributed by atoms with Crippen LogP contribution in [0.2, 0.25) is 5.02 Å². The van der Waals surface area contributed by atoms with Crippen LogP contribution in [-0.2, 0) is 4.79 Å². The van der Waals surface area contributed by atoms with Gasteiger partial charge in [-0.25, -0.2) is 0 Å². The van der Waals surface area contributed by atoms with Crippen molar-refractivity contribution in [1.82, 2.24) is 5.32 Å². The van der Waals surface area contributed by atoms with Gasteiger partial charge in [0, 0.05) is 29.8 Å². The number of halogens is 1. The van der Waals surface area contributed by atoms with E-state index >= 15 is 0 Å².